The molecule has 2 aromatic carbocycles. The van der Waals surface area contributed by atoms with Crippen LogP contribution in [-0.2, 0) is 6.61 Å². The second-order valence-corrected chi connectivity index (χ2v) is 5.30. The number of nitro benzene ring substituents is 1. The number of ether oxygens (including phenoxy) is 1. The van der Waals surface area contributed by atoms with Crippen molar-refractivity contribution in [2.45, 2.75) is 32.8 Å². The summed E-state index contributed by atoms with van der Waals surface area (Å²) in [5, 5.41) is 11.3. The number of allylic oxidation sites excluding steroid dienone is 1. The molecule has 23 heavy (non-hydrogen) atoms. The lowest BCUT2D eigenvalue weighted by atomic mass is 10.1. The molecular formula is C19H21NO3. The SMILES string of the molecule is CCCC/C=C\c1ccc(OCc2ccccc2)c([N+](=O)[O-])c1. The fourth-order valence-electron chi connectivity index (χ4n) is 2.18. The zero-order valence-corrected chi connectivity index (χ0v) is 13.3. The molecular weight excluding hydrogens is 290 g/mol. The first-order valence-electron chi connectivity index (χ1n) is 7.82. The van der Waals surface area contributed by atoms with Crippen LogP contribution in [0.5, 0.6) is 5.75 Å². The fourth-order valence-corrected chi connectivity index (χ4v) is 2.18. The van der Waals surface area contributed by atoms with Gasteiger partial charge in [-0.05, 0) is 23.6 Å². The first kappa shape index (κ1) is 16.7. The van der Waals surface area contributed by atoms with Gasteiger partial charge >= 0.3 is 5.69 Å². The van der Waals surface area contributed by atoms with Crippen LogP contribution in [0.4, 0.5) is 5.69 Å². The third kappa shape index (κ3) is 5.25. The van der Waals surface area contributed by atoms with Gasteiger partial charge in [0.25, 0.3) is 0 Å². The number of hydrogen-bond donors (Lipinski definition) is 0. The molecule has 0 aliphatic heterocycles. The molecule has 0 N–H and O–H groups in total. The molecule has 0 saturated heterocycles. The summed E-state index contributed by atoms with van der Waals surface area (Å²) in [5.74, 6) is 0.296. The summed E-state index contributed by atoms with van der Waals surface area (Å²) in [6.07, 6.45) is 7.21. The highest BCUT2D eigenvalue weighted by Crippen LogP contribution is 2.29. The van der Waals surface area contributed by atoms with Crippen LogP contribution in [-0.4, -0.2) is 4.92 Å². The molecule has 0 fully saturated rings. The second-order valence-electron chi connectivity index (χ2n) is 5.30. The first-order chi connectivity index (χ1) is 11.2. The Morgan fingerprint density at radius 3 is 2.65 bits per heavy atom. The Labute approximate surface area is 136 Å². The van der Waals surface area contributed by atoms with E-state index < -0.39 is 4.92 Å². The average molecular weight is 311 g/mol. The molecule has 0 saturated carbocycles. The van der Waals surface area contributed by atoms with E-state index in [1.807, 2.05) is 48.6 Å². The van der Waals surface area contributed by atoms with E-state index in [4.69, 9.17) is 4.74 Å². The summed E-state index contributed by atoms with van der Waals surface area (Å²) in [4.78, 5) is 10.9. The lowest BCUT2D eigenvalue weighted by Gasteiger charge is -2.07. The minimum absolute atomic E-state index is 0.00132. The van der Waals surface area contributed by atoms with Crippen LogP contribution in [0, 0.1) is 10.1 Å². The smallest absolute Gasteiger partial charge is 0.311 e. The molecule has 2 rings (SSSR count). The van der Waals surface area contributed by atoms with E-state index in [1.165, 1.54) is 0 Å². The molecule has 0 spiro atoms. The minimum Gasteiger partial charge on any atom is -0.482 e. The Morgan fingerprint density at radius 1 is 1.17 bits per heavy atom. The van der Waals surface area contributed by atoms with Gasteiger partial charge in [0.15, 0.2) is 5.75 Å². The number of unbranched alkanes of at least 4 members (excludes halogenated alkanes) is 2. The van der Waals surface area contributed by atoms with Crippen LogP contribution in [0.2, 0.25) is 0 Å². The number of rotatable bonds is 8. The van der Waals surface area contributed by atoms with E-state index in [0.717, 1.165) is 30.4 Å². The summed E-state index contributed by atoms with van der Waals surface area (Å²) in [5.41, 5.74) is 1.80. The van der Waals surface area contributed by atoms with Crippen molar-refractivity contribution in [2.75, 3.05) is 0 Å². The van der Waals surface area contributed by atoms with Gasteiger partial charge in [-0.2, -0.15) is 0 Å². The van der Waals surface area contributed by atoms with Crippen molar-refractivity contribution >= 4 is 11.8 Å². The molecule has 0 radical (unpaired) electrons. The molecule has 2 aromatic rings. The number of nitro groups is 1. The Bertz CT molecular complexity index is 666. The maximum atomic E-state index is 11.3. The first-order valence-corrected chi connectivity index (χ1v) is 7.82. The molecule has 4 nitrogen and oxygen atoms in total. The highest BCUT2D eigenvalue weighted by molar-refractivity contribution is 5.58. The standard InChI is InChI=1S/C19H21NO3/c1-2-3-4-6-9-16-12-13-19(18(14-16)20(21)22)23-15-17-10-7-5-8-11-17/h5-14H,2-4,15H2,1H3/b9-6-. The van der Waals surface area contributed by atoms with Crippen LogP contribution < -0.4 is 4.74 Å². The Hall–Kier alpha value is -2.62. The van der Waals surface area contributed by atoms with Crippen molar-refractivity contribution in [3.05, 3.63) is 75.8 Å². The third-order valence-corrected chi connectivity index (χ3v) is 3.45. The molecule has 0 atom stereocenters. The monoisotopic (exact) mass is 311 g/mol. The van der Waals surface area contributed by atoms with Crippen LogP contribution in [0.1, 0.15) is 37.3 Å². The van der Waals surface area contributed by atoms with Crippen molar-refractivity contribution in [2.24, 2.45) is 0 Å². The molecule has 4 heteroatoms. The molecule has 0 amide bonds. The van der Waals surface area contributed by atoms with Gasteiger partial charge < -0.3 is 4.74 Å². The normalized spacial score (nSPS) is 10.8. The maximum absolute atomic E-state index is 11.3. The average Bonchev–Trinajstić information content (AvgIpc) is 2.58. The van der Waals surface area contributed by atoms with Gasteiger partial charge in [-0.3, -0.25) is 10.1 Å². The van der Waals surface area contributed by atoms with Gasteiger partial charge in [-0.25, -0.2) is 0 Å². The Morgan fingerprint density at radius 2 is 1.96 bits per heavy atom. The van der Waals surface area contributed by atoms with E-state index in [1.54, 1.807) is 12.1 Å². The quantitative estimate of drug-likeness (QED) is 0.374. The van der Waals surface area contributed by atoms with Gasteiger partial charge in [0, 0.05) is 6.07 Å². The lowest BCUT2D eigenvalue weighted by Crippen LogP contribution is -1.99. The minimum atomic E-state index is -0.399. The molecule has 0 unspecified atom stereocenters. The van der Waals surface area contributed by atoms with Crippen molar-refractivity contribution < 1.29 is 9.66 Å². The van der Waals surface area contributed by atoms with Crippen LogP contribution in [0.15, 0.2) is 54.6 Å². The van der Waals surface area contributed by atoms with E-state index in [-0.39, 0.29) is 5.69 Å². The zero-order chi connectivity index (χ0) is 16.5. The van der Waals surface area contributed by atoms with Crippen molar-refractivity contribution in [1.82, 2.24) is 0 Å². The zero-order valence-electron chi connectivity index (χ0n) is 13.3. The largest absolute Gasteiger partial charge is 0.482 e. The molecule has 0 aromatic heterocycles. The Kier molecular flexibility index (Phi) is 6.36. The topological polar surface area (TPSA) is 52.4 Å². The van der Waals surface area contributed by atoms with Crippen LogP contribution >= 0.6 is 0 Å². The molecule has 0 aliphatic carbocycles. The Balaban J connectivity index is 2.10. The number of hydrogen-bond acceptors (Lipinski definition) is 3. The van der Waals surface area contributed by atoms with Gasteiger partial charge in [0.2, 0.25) is 0 Å². The highest BCUT2D eigenvalue weighted by atomic mass is 16.6. The van der Waals surface area contributed by atoms with E-state index in [2.05, 4.69) is 6.92 Å². The van der Waals surface area contributed by atoms with Crippen LogP contribution in [0.25, 0.3) is 6.08 Å². The van der Waals surface area contributed by atoms with Crippen LogP contribution in [0.3, 0.4) is 0 Å². The number of nitrogens with zero attached hydrogens (tertiary/aromatic N) is 1. The van der Waals surface area contributed by atoms with Gasteiger partial charge in [-0.1, -0.05) is 68.3 Å². The van der Waals surface area contributed by atoms with E-state index in [9.17, 15) is 10.1 Å². The predicted molar refractivity (Wildman–Crippen MR) is 92.4 cm³/mol. The van der Waals surface area contributed by atoms with Crippen molar-refractivity contribution in [3.63, 3.8) is 0 Å². The summed E-state index contributed by atoms with van der Waals surface area (Å²) in [6, 6.07) is 14.7. The lowest BCUT2D eigenvalue weighted by molar-refractivity contribution is -0.386. The predicted octanol–water partition coefficient (Wildman–Crippen LogP) is 5.38. The highest BCUT2D eigenvalue weighted by Gasteiger charge is 2.15. The van der Waals surface area contributed by atoms with Crippen molar-refractivity contribution in [1.29, 1.82) is 0 Å². The number of benzene rings is 2. The fraction of sp³-hybridized carbons (Fsp3) is 0.263. The third-order valence-electron chi connectivity index (χ3n) is 3.45. The molecule has 0 bridgehead atoms. The molecule has 0 heterocycles. The van der Waals surface area contributed by atoms with E-state index in [0.29, 0.717) is 12.4 Å². The summed E-state index contributed by atoms with van der Waals surface area (Å²) < 4.78 is 5.62. The van der Waals surface area contributed by atoms with Gasteiger partial charge in [-0.15, -0.1) is 0 Å². The van der Waals surface area contributed by atoms with Gasteiger partial charge in [0.05, 0.1) is 4.92 Å². The summed E-state index contributed by atoms with van der Waals surface area (Å²) in [7, 11) is 0. The molecule has 0 aliphatic rings. The van der Waals surface area contributed by atoms with E-state index >= 15 is 0 Å². The summed E-state index contributed by atoms with van der Waals surface area (Å²) in [6.45, 7) is 2.45. The van der Waals surface area contributed by atoms with Gasteiger partial charge in [0.1, 0.15) is 6.61 Å². The molecule has 120 valence electrons. The van der Waals surface area contributed by atoms with Crippen molar-refractivity contribution in [3.8, 4) is 5.75 Å². The second kappa shape index (κ2) is 8.73. The maximum Gasteiger partial charge on any atom is 0.311 e. The summed E-state index contributed by atoms with van der Waals surface area (Å²) >= 11 is 0.